The van der Waals surface area contributed by atoms with Gasteiger partial charge in [0.25, 0.3) is 0 Å². The van der Waals surface area contributed by atoms with Crippen molar-refractivity contribution in [3.63, 3.8) is 0 Å². The lowest BCUT2D eigenvalue weighted by Crippen LogP contribution is -1.98. The molecule has 0 bridgehead atoms. The molecule has 0 saturated carbocycles. The van der Waals surface area contributed by atoms with Gasteiger partial charge in [-0.25, -0.2) is 9.18 Å². The van der Waals surface area contributed by atoms with E-state index in [1.165, 1.54) is 24.3 Å². The summed E-state index contributed by atoms with van der Waals surface area (Å²) < 4.78 is 18.5. The molecule has 94 valence electrons. The van der Waals surface area contributed by atoms with Gasteiger partial charge in [0.2, 0.25) is 0 Å². The molecule has 2 nitrogen and oxygen atoms in total. The molecule has 0 fully saturated rings. The molecule has 0 aliphatic rings. The fraction of sp³-hybridized carbons (Fsp3) is 0.0625. The Morgan fingerprint density at radius 1 is 1.00 bits per heavy atom. The van der Waals surface area contributed by atoms with Gasteiger partial charge >= 0.3 is 5.63 Å². The Bertz CT molecular complexity index is 801. The van der Waals surface area contributed by atoms with Crippen molar-refractivity contribution in [2.75, 3.05) is 0 Å². The SMILES string of the molecule is Cc1ccc(-c2cc(=O)oc3ccc(F)cc23)cc1. The van der Waals surface area contributed by atoms with Crippen LogP contribution in [0.2, 0.25) is 0 Å². The largest absolute Gasteiger partial charge is 0.423 e. The van der Waals surface area contributed by atoms with E-state index in [1.807, 2.05) is 31.2 Å². The second kappa shape index (κ2) is 4.35. The Hall–Kier alpha value is -2.42. The maximum atomic E-state index is 13.4. The van der Waals surface area contributed by atoms with Crippen LogP contribution in [-0.2, 0) is 0 Å². The first-order valence-corrected chi connectivity index (χ1v) is 5.94. The van der Waals surface area contributed by atoms with E-state index in [-0.39, 0.29) is 5.82 Å². The summed E-state index contributed by atoms with van der Waals surface area (Å²) in [6.07, 6.45) is 0. The molecular weight excluding hydrogens is 243 g/mol. The number of halogens is 1. The van der Waals surface area contributed by atoms with E-state index in [1.54, 1.807) is 0 Å². The number of aryl methyl sites for hydroxylation is 1. The third-order valence-corrected chi connectivity index (χ3v) is 3.07. The van der Waals surface area contributed by atoms with Crippen molar-refractivity contribution >= 4 is 11.0 Å². The molecule has 0 aliphatic carbocycles. The molecule has 0 atom stereocenters. The predicted molar refractivity (Wildman–Crippen MR) is 72.6 cm³/mol. The van der Waals surface area contributed by atoms with E-state index in [9.17, 15) is 9.18 Å². The zero-order valence-electron chi connectivity index (χ0n) is 10.3. The van der Waals surface area contributed by atoms with Gasteiger partial charge in [0, 0.05) is 11.5 Å². The monoisotopic (exact) mass is 254 g/mol. The first-order chi connectivity index (χ1) is 9.13. The summed E-state index contributed by atoms with van der Waals surface area (Å²) in [5.41, 5.74) is 2.64. The maximum absolute atomic E-state index is 13.4. The molecule has 3 rings (SSSR count). The fourth-order valence-electron chi connectivity index (χ4n) is 2.11. The van der Waals surface area contributed by atoms with E-state index < -0.39 is 5.63 Å². The van der Waals surface area contributed by atoms with Gasteiger partial charge in [-0.2, -0.15) is 0 Å². The quantitative estimate of drug-likeness (QED) is 0.616. The summed E-state index contributed by atoms with van der Waals surface area (Å²) in [5.74, 6) is -0.352. The zero-order chi connectivity index (χ0) is 13.4. The average Bonchev–Trinajstić information content (AvgIpc) is 2.39. The van der Waals surface area contributed by atoms with Crippen molar-refractivity contribution in [1.29, 1.82) is 0 Å². The van der Waals surface area contributed by atoms with Gasteiger partial charge in [0.1, 0.15) is 11.4 Å². The van der Waals surface area contributed by atoms with Crippen LogP contribution in [-0.4, -0.2) is 0 Å². The summed E-state index contributed by atoms with van der Waals surface area (Å²) in [7, 11) is 0. The van der Waals surface area contributed by atoms with Crippen LogP contribution in [0.4, 0.5) is 4.39 Å². The smallest absolute Gasteiger partial charge is 0.336 e. The highest BCUT2D eigenvalue weighted by Gasteiger charge is 2.08. The maximum Gasteiger partial charge on any atom is 0.336 e. The first-order valence-electron chi connectivity index (χ1n) is 5.94. The highest BCUT2D eigenvalue weighted by Crippen LogP contribution is 2.27. The summed E-state index contributed by atoms with van der Waals surface area (Å²) in [6.45, 7) is 1.99. The van der Waals surface area contributed by atoms with Crippen LogP contribution in [0, 0.1) is 12.7 Å². The van der Waals surface area contributed by atoms with Gasteiger partial charge < -0.3 is 4.42 Å². The standard InChI is InChI=1S/C16H11FO2/c1-10-2-4-11(5-3-10)13-9-16(18)19-15-7-6-12(17)8-14(13)15/h2-9H,1H3. The molecule has 3 heteroatoms. The van der Waals surface area contributed by atoms with E-state index in [0.29, 0.717) is 16.5 Å². The normalized spacial score (nSPS) is 10.8. The van der Waals surface area contributed by atoms with Crippen LogP contribution in [0.1, 0.15) is 5.56 Å². The Kier molecular flexibility index (Phi) is 2.67. The predicted octanol–water partition coefficient (Wildman–Crippen LogP) is 3.91. The summed E-state index contributed by atoms with van der Waals surface area (Å²) >= 11 is 0. The lowest BCUT2D eigenvalue weighted by Gasteiger charge is -2.06. The second-order valence-electron chi connectivity index (χ2n) is 4.49. The van der Waals surface area contributed by atoms with Gasteiger partial charge in [-0.1, -0.05) is 29.8 Å². The van der Waals surface area contributed by atoms with Crippen LogP contribution < -0.4 is 5.63 Å². The number of hydrogen-bond donors (Lipinski definition) is 0. The van der Waals surface area contributed by atoms with Crippen molar-refractivity contribution in [2.24, 2.45) is 0 Å². The van der Waals surface area contributed by atoms with Crippen molar-refractivity contribution in [3.8, 4) is 11.1 Å². The van der Waals surface area contributed by atoms with Crippen molar-refractivity contribution in [2.45, 2.75) is 6.92 Å². The molecule has 2 aromatic carbocycles. The van der Waals surface area contributed by atoms with Crippen molar-refractivity contribution in [3.05, 3.63) is 70.3 Å². The first kappa shape index (κ1) is 11.7. The Balaban J connectivity index is 2.35. The Labute approximate surface area is 109 Å². The van der Waals surface area contributed by atoms with Crippen LogP contribution in [0.3, 0.4) is 0 Å². The van der Waals surface area contributed by atoms with Crippen LogP contribution in [0.15, 0.2) is 57.7 Å². The minimum absolute atomic E-state index is 0.352. The molecule has 1 aromatic heterocycles. The molecule has 1 heterocycles. The van der Waals surface area contributed by atoms with Crippen LogP contribution in [0.5, 0.6) is 0 Å². The lowest BCUT2D eigenvalue weighted by atomic mass is 10.0. The number of rotatable bonds is 1. The molecule has 0 aliphatic heterocycles. The summed E-state index contributed by atoms with van der Waals surface area (Å²) in [6, 6.07) is 13.3. The molecular formula is C16H11FO2. The van der Waals surface area contributed by atoms with E-state index >= 15 is 0 Å². The molecule has 0 amide bonds. The molecule has 19 heavy (non-hydrogen) atoms. The zero-order valence-corrected chi connectivity index (χ0v) is 10.3. The van der Waals surface area contributed by atoms with E-state index in [0.717, 1.165) is 11.1 Å². The van der Waals surface area contributed by atoms with Gasteiger partial charge in [-0.05, 0) is 36.2 Å². The number of hydrogen-bond acceptors (Lipinski definition) is 2. The topological polar surface area (TPSA) is 30.2 Å². The third-order valence-electron chi connectivity index (χ3n) is 3.07. The van der Waals surface area contributed by atoms with E-state index in [4.69, 9.17) is 4.42 Å². The minimum Gasteiger partial charge on any atom is -0.423 e. The highest BCUT2D eigenvalue weighted by atomic mass is 19.1. The van der Waals surface area contributed by atoms with Gasteiger partial charge in [0.15, 0.2) is 0 Å². The van der Waals surface area contributed by atoms with Crippen molar-refractivity contribution < 1.29 is 8.81 Å². The Morgan fingerprint density at radius 3 is 2.47 bits per heavy atom. The second-order valence-corrected chi connectivity index (χ2v) is 4.49. The van der Waals surface area contributed by atoms with Crippen molar-refractivity contribution in [1.82, 2.24) is 0 Å². The molecule has 0 N–H and O–H groups in total. The molecule has 0 saturated heterocycles. The minimum atomic E-state index is -0.435. The lowest BCUT2D eigenvalue weighted by molar-refractivity contribution is 0.559. The number of fused-ring (bicyclic) bond motifs is 1. The molecule has 0 spiro atoms. The number of benzene rings is 2. The molecule has 3 aromatic rings. The molecule has 0 radical (unpaired) electrons. The summed E-state index contributed by atoms with van der Waals surface area (Å²) in [4.78, 5) is 11.6. The summed E-state index contributed by atoms with van der Waals surface area (Å²) in [5, 5.41) is 0.600. The van der Waals surface area contributed by atoms with E-state index in [2.05, 4.69) is 0 Å². The molecule has 0 unspecified atom stereocenters. The van der Waals surface area contributed by atoms with Gasteiger partial charge in [0.05, 0.1) is 0 Å². The third kappa shape index (κ3) is 2.15. The van der Waals surface area contributed by atoms with Crippen LogP contribution >= 0.6 is 0 Å². The van der Waals surface area contributed by atoms with Crippen LogP contribution in [0.25, 0.3) is 22.1 Å². The highest BCUT2D eigenvalue weighted by molar-refractivity contribution is 5.93. The Morgan fingerprint density at radius 2 is 1.74 bits per heavy atom. The fourth-order valence-corrected chi connectivity index (χ4v) is 2.11. The van der Waals surface area contributed by atoms with Gasteiger partial charge in [-0.3, -0.25) is 0 Å². The van der Waals surface area contributed by atoms with Gasteiger partial charge in [-0.15, -0.1) is 0 Å². The average molecular weight is 254 g/mol.